The molecule has 0 saturated heterocycles. The van der Waals surface area contributed by atoms with Crippen molar-refractivity contribution in [1.29, 1.82) is 0 Å². The average Bonchev–Trinajstić information content (AvgIpc) is 3.17. The van der Waals surface area contributed by atoms with Crippen molar-refractivity contribution in [3.63, 3.8) is 0 Å². The summed E-state index contributed by atoms with van der Waals surface area (Å²) >= 11 is 0. The first kappa shape index (κ1) is 19.1. The molecule has 0 atom stereocenters. The molecule has 1 aromatic carbocycles. The van der Waals surface area contributed by atoms with Gasteiger partial charge in [-0.05, 0) is 64.2 Å². The predicted octanol–water partition coefficient (Wildman–Crippen LogP) is 3.04. The summed E-state index contributed by atoms with van der Waals surface area (Å²) in [4.78, 5) is 23.8. The molecule has 1 aromatic heterocycles. The van der Waals surface area contributed by atoms with Crippen LogP contribution >= 0.6 is 0 Å². The lowest BCUT2D eigenvalue weighted by Gasteiger charge is -2.18. The van der Waals surface area contributed by atoms with Gasteiger partial charge in [-0.25, -0.2) is 9.07 Å². The molecular formula is C20H24FN3O3. The number of carbonyl (C=O) groups is 2. The summed E-state index contributed by atoms with van der Waals surface area (Å²) < 4.78 is 15.9. The number of nitrogens with one attached hydrogen (secondary N) is 1. The Kier molecular flexibility index (Phi) is 5.04. The SMILES string of the molecule is Cc1ccc(-n2nc(C(=O)NCCC(C)(C)C(=O)O)c3c2CCC3)c(F)c1. The average molecular weight is 373 g/mol. The van der Waals surface area contributed by atoms with Crippen molar-refractivity contribution in [3.8, 4) is 5.69 Å². The molecule has 27 heavy (non-hydrogen) atoms. The van der Waals surface area contributed by atoms with Crippen LogP contribution in [0, 0.1) is 18.2 Å². The van der Waals surface area contributed by atoms with E-state index in [-0.39, 0.29) is 18.3 Å². The van der Waals surface area contributed by atoms with Crippen LogP contribution in [0.5, 0.6) is 0 Å². The fourth-order valence-corrected chi connectivity index (χ4v) is 3.28. The third-order valence-electron chi connectivity index (χ3n) is 5.09. The van der Waals surface area contributed by atoms with Crippen molar-refractivity contribution < 1.29 is 19.1 Å². The molecule has 0 radical (unpaired) electrons. The molecule has 2 N–H and O–H groups in total. The maximum atomic E-state index is 14.4. The second kappa shape index (κ2) is 7.13. The molecule has 0 spiro atoms. The first-order valence-corrected chi connectivity index (χ1v) is 9.09. The second-order valence-corrected chi connectivity index (χ2v) is 7.69. The lowest BCUT2D eigenvalue weighted by atomic mass is 9.90. The first-order chi connectivity index (χ1) is 12.7. The molecular weight excluding hydrogens is 349 g/mol. The van der Waals surface area contributed by atoms with Gasteiger partial charge in [-0.2, -0.15) is 5.10 Å². The molecule has 1 amide bonds. The van der Waals surface area contributed by atoms with Gasteiger partial charge in [-0.3, -0.25) is 9.59 Å². The first-order valence-electron chi connectivity index (χ1n) is 9.09. The number of nitrogens with zero attached hydrogens (tertiary/aromatic N) is 2. The molecule has 0 saturated carbocycles. The highest BCUT2D eigenvalue weighted by Crippen LogP contribution is 2.29. The Morgan fingerprint density at radius 2 is 2.07 bits per heavy atom. The Balaban J connectivity index is 1.83. The van der Waals surface area contributed by atoms with Gasteiger partial charge < -0.3 is 10.4 Å². The summed E-state index contributed by atoms with van der Waals surface area (Å²) in [6, 6.07) is 4.94. The van der Waals surface area contributed by atoms with Gasteiger partial charge in [-0.1, -0.05) is 6.07 Å². The van der Waals surface area contributed by atoms with Crippen molar-refractivity contribution in [1.82, 2.24) is 15.1 Å². The molecule has 0 aliphatic heterocycles. The third kappa shape index (κ3) is 3.72. The number of aromatic nitrogens is 2. The topological polar surface area (TPSA) is 84.2 Å². The van der Waals surface area contributed by atoms with E-state index in [1.807, 2.05) is 13.0 Å². The number of hydrogen-bond acceptors (Lipinski definition) is 3. The van der Waals surface area contributed by atoms with Crippen molar-refractivity contribution in [2.24, 2.45) is 5.41 Å². The summed E-state index contributed by atoms with van der Waals surface area (Å²) in [6.07, 6.45) is 2.68. The van der Waals surface area contributed by atoms with E-state index in [1.165, 1.54) is 10.7 Å². The quantitative estimate of drug-likeness (QED) is 0.815. The summed E-state index contributed by atoms with van der Waals surface area (Å²) in [6.45, 7) is 5.29. The minimum atomic E-state index is -0.917. The van der Waals surface area contributed by atoms with E-state index in [0.29, 0.717) is 17.8 Å². The highest BCUT2D eigenvalue weighted by atomic mass is 19.1. The summed E-state index contributed by atoms with van der Waals surface area (Å²) in [5.74, 6) is -1.63. The Bertz CT molecular complexity index is 902. The molecule has 1 aliphatic carbocycles. The predicted molar refractivity (Wildman–Crippen MR) is 98.7 cm³/mol. The number of fused-ring (bicyclic) bond motifs is 1. The normalized spacial score (nSPS) is 13.5. The lowest BCUT2D eigenvalue weighted by molar-refractivity contribution is -0.147. The van der Waals surface area contributed by atoms with Gasteiger partial charge in [0.2, 0.25) is 0 Å². The molecule has 0 bridgehead atoms. The molecule has 2 aromatic rings. The second-order valence-electron chi connectivity index (χ2n) is 7.69. The standard InChI is InChI=1S/C20H24FN3O3/c1-12-7-8-16(14(21)11-12)24-15-6-4-5-13(15)17(23-24)18(25)22-10-9-20(2,3)19(26)27/h7-8,11H,4-6,9-10H2,1-3H3,(H,22,25)(H,26,27). The van der Waals surface area contributed by atoms with Crippen LogP contribution in [0.1, 0.15) is 54.0 Å². The van der Waals surface area contributed by atoms with Crippen LogP contribution in [0.3, 0.4) is 0 Å². The number of halogens is 1. The Hall–Kier alpha value is -2.70. The van der Waals surface area contributed by atoms with Gasteiger partial charge in [0.25, 0.3) is 5.91 Å². The van der Waals surface area contributed by atoms with Crippen molar-refractivity contribution in [2.45, 2.75) is 46.5 Å². The van der Waals surface area contributed by atoms with E-state index in [4.69, 9.17) is 5.11 Å². The fraction of sp³-hybridized carbons (Fsp3) is 0.450. The number of aliphatic carboxylic acids is 1. The van der Waals surface area contributed by atoms with Gasteiger partial charge in [0, 0.05) is 17.8 Å². The minimum Gasteiger partial charge on any atom is -0.481 e. The number of hydrogen-bond donors (Lipinski definition) is 2. The number of rotatable bonds is 6. The van der Waals surface area contributed by atoms with Crippen LogP contribution in [0.15, 0.2) is 18.2 Å². The summed E-state index contributed by atoms with van der Waals surface area (Å²) in [7, 11) is 0. The van der Waals surface area contributed by atoms with Crippen LogP contribution in [0.2, 0.25) is 0 Å². The molecule has 0 fully saturated rings. The van der Waals surface area contributed by atoms with Crippen LogP contribution in [0.4, 0.5) is 4.39 Å². The molecule has 3 rings (SSSR count). The zero-order chi connectivity index (χ0) is 19.8. The number of benzene rings is 1. The highest BCUT2D eigenvalue weighted by Gasteiger charge is 2.29. The van der Waals surface area contributed by atoms with Crippen LogP contribution in [0.25, 0.3) is 5.69 Å². The van der Waals surface area contributed by atoms with Gasteiger partial charge >= 0.3 is 5.97 Å². The highest BCUT2D eigenvalue weighted by molar-refractivity contribution is 5.94. The van der Waals surface area contributed by atoms with E-state index < -0.39 is 11.4 Å². The van der Waals surface area contributed by atoms with Gasteiger partial charge in [-0.15, -0.1) is 0 Å². The molecule has 7 heteroatoms. The molecule has 0 unspecified atom stereocenters. The Morgan fingerprint density at radius 1 is 1.33 bits per heavy atom. The van der Waals surface area contributed by atoms with Crippen LogP contribution in [-0.2, 0) is 17.6 Å². The number of carbonyl (C=O) groups excluding carboxylic acids is 1. The zero-order valence-corrected chi connectivity index (χ0v) is 15.8. The molecule has 1 heterocycles. The van der Waals surface area contributed by atoms with Gasteiger partial charge in [0.15, 0.2) is 5.69 Å². The lowest BCUT2D eigenvalue weighted by Crippen LogP contribution is -2.32. The monoisotopic (exact) mass is 373 g/mol. The number of amides is 1. The van der Waals surface area contributed by atoms with Gasteiger partial charge in [0.05, 0.1) is 5.41 Å². The largest absolute Gasteiger partial charge is 0.481 e. The van der Waals surface area contributed by atoms with Crippen LogP contribution < -0.4 is 5.32 Å². The maximum absolute atomic E-state index is 14.4. The van der Waals surface area contributed by atoms with E-state index in [0.717, 1.165) is 36.1 Å². The third-order valence-corrected chi connectivity index (χ3v) is 5.09. The number of carboxylic acid groups (broad SMARTS) is 1. The van der Waals surface area contributed by atoms with Crippen molar-refractivity contribution in [2.75, 3.05) is 6.54 Å². The van der Waals surface area contributed by atoms with E-state index in [2.05, 4.69) is 10.4 Å². The van der Waals surface area contributed by atoms with Gasteiger partial charge in [0.1, 0.15) is 11.5 Å². The maximum Gasteiger partial charge on any atom is 0.309 e. The van der Waals surface area contributed by atoms with E-state index >= 15 is 0 Å². The van der Waals surface area contributed by atoms with Crippen LogP contribution in [-0.4, -0.2) is 33.3 Å². The molecule has 6 nitrogen and oxygen atoms in total. The Morgan fingerprint density at radius 3 is 2.74 bits per heavy atom. The van der Waals surface area contributed by atoms with Crippen molar-refractivity contribution >= 4 is 11.9 Å². The number of aryl methyl sites for hydroxylation is 1. The smallest absolute Gasteiger partial charge is 0.309 e. The van der Waals surface area contributed by atoms with E-state index in [1.54, 1.807) is 19.9 Å². The molecule has 144 valence electrons. The Labute approximate surface area is 157 Å². The fourth-order valence-electron chi connectivity index (χ4n) is 3.28. The number of carboxylic acids is 1. The molecule has 1 aliphatic rings. The van der Waals surface area contributed by atoms with E-state index in [9.17, 15) is 14.0 Å². The minimum absolute atomic E-state index is 0.235. The summed E-state index contributed by atoms with van der Waals surface area (Å²) in [5.41, 5.74) is 2.26. The van der Waals surface area contributed by atoms with Crippen molar-refractivity contribution in [3.05, 3.63) is 46.5 Å². The zero-order valence-electron chi connectivity index (χ0n) is 15.8. The summed E-state index contributed by atoms with van der Waals surface area (Å²) in [5, 5.41) is 16.3.